The second-order valence-corrected chi connectivity index (χ2v) is 6.33. The number of anilines is 1. The van der Waals surface area contributed by atoms with Gasteiger partial charge < -0.3 is 9.72 Å². The van der Waals surface area contributed by atoms with Gasteiger partial charge in [0.25, 0.3) is 5.56 Å². The van der Waals surface area contributed by atoms with Crippen LogP contribution >= 0.6 is 0 Å². The number of carbonyl (C=O) groups is 1. The third-order valence-electron chi connectivity index (χ3n) is 4.64. The zero-order chi connectivity index (χ0) is 18.1. The van der Waals surface area contributed by atoms with E-state index in [1.807, 2.05) is 24.3 Å². The first kappa shape index (κ1) is 16.1. The van der Waals surface area contributed by atoms with Crippen LogP contribution in [0.15, 0.2) is 65.5 Å². The molecule has 1 aliphatic carbocycles. The van der Waals surface area contributed by atoms with Crippen molar-refractivity contribution in [2.75, 3.05) is 11.9 Å². The normalized spacial score (nSPS) is 12.3. The van der Waals surface area contributed by atoms with Gasteiger partial charge in [0.05, 0.1) is 0 Å². The number of H-pyrrole nitrogens is 1. The predicted molar refractivity (Wildman–Crippen MR) is 100 cm³/mol. The maximum Gasteiger partial charge on any atom is 0.411 e. The third-order valence-corrected chi connectivity index (χ3v) is 4.64. The lowest BCUT2D eigenvalue weighted by molar-refractivity contribution is 0.158. The number of amides is 1. The molecule has 0 saturated carbocycles. The Balaban J connectivity index is 1.51. The number of nitrogens with one attached hydrogen (secondary N) is 2. The van der Waals surface area contributed by atoms with Crippen molar-refractivity contribution in [2.45, 2.75) is 12.8 Å². The second kappa shape index (κ2) is 6.52. The highest BCUT2D eigenvalue weighted by Crippen LogP contribution is 2.44. The summed E-state index contributed by atoms with van der Waals surface area (Å²) in [4.78, 5) is 26.6. The fourth-order valence-corrected chi connectivity index (χ4v) is 3.41. The largest absolute Gasteiger partial charge is 0.448 e. The Labute approximate surface area is 150 Å². The van der Waals surface area contributed by atoms with E-state index in [1.54, 1.807) is 19.1 Å². The predicted octanol–water partition coefficient (Wildman–Crippen LogP) is 4.04. The zero-order valence-corrected chi connectivity index (χ0v) is 14.3. The van der Waals surface area contributed by atoms with E-state index in [1.165, 1.54) is 11.1 Å². The Bertz CT molecular complexity index is 994. The van der Waals surface area contributed by atoms with Gasteiger partial charge in [-0.25, -0.2) is 4.79 Å². The first-order valence-corrected chi connectivity index (χ1v) is 8.45. The minimum Gasteiger partial charge on any atom is -0.448 e. The first-order chi connectivity index (χ1) is 12.6. The number of hydrogen-bond donors (Lipinski definition) is 2. The Morgan fingerprint density at radius 1 is 1.00 bits per heavy atom. The van der Waals surface area contributed by atoms with Crippen molar-refractivity contribution >= 4 is 11.8 Å². The molecule has 1 amide bonds. The van der Waals surface area contributed by atoms with E-state index in [4.69, 9.17) is 4.74 Å². The van der Waals surface area contributed by atoms with Crippen molar-refractivity contribution in [3.05, 3.63) is 87.8 Å². The smallest absolute Gasteiger partial charge is 0.411 e. The number of rotatable bonds is 3. The lowest BCUT2D eigenvalue weighted by Crippen LogP contribution is -2.22. The number of pyridine rings is 1. The van der Waals surface area contributed by atoms with Crippen molar-refractivity contribution in [2.24, 2.45) is 0 Å². The van der Waals surface area contributed by atoms with Gasteiger partial charge in [-0.3, -0.25) is 10.1 Å². The van der Waals surface area contributed by atoms with Gasteiger partial charge >= 0.3 is 6.09 Å². The maximum absolute atomic E-state index is 12.1. The van der Waals surface area contributed by atoms with E-state index >= 15 is 0 Å². The highest BCUT2D eigenvalue weighted by Gasteiger charge is 2.29. The molecule has 2 aromatic carbocycles. The van der Waals surface area contributed by atoms with E-state index < -0.39 is 6.09 Å². The van der Waals surface area contributed by atoms with Crippen LogP contribution in [0.3, 0.4) is 0 Å². The van der Waals surface area contributed by atoms with Crippen LogP contribution in [-0.4, -0.2) is 17.7 Å². The number of aromatic amines is 1. The molecule has 0 aliphatic heterocycles. The monoisotopic (exact) mass is 346 g/mol. The molecule has 5 nitrogen and oxygen atoms in total. The van der Waals surface area contributed by atoms with Crippen molar-refractivity contribution in [1.29, 1.82) is 0 Å². The highest BCUT2D eigenvalue weighted by molar-refractivity contribution is 5.84. The van der Waals surface area contributed by atoms with Gasteiger partial charge in [-0.2, -0.15) is 0 Å². The Kier molecular flexibility index (Phi) is 4.05. The second-order valence-electron chi connectivity index (χ2n) is 6.33. The average molecular weight is 346 g/mol. The van der Waals surface area contributed by atoms with Gasteiger partial charge in [0.15, 0.2) is 0 Å². The van der Waals surface area contributed by atoms with Gasteiger partial charge in [0, 0.05) is 11.6 Å². The van der Waals surface area contributed by atoms with Gasteiger partial charge in [-0.1, -0.05) is 48.5 Å². The minimum atomic E-state index is -0.638. The molecule has 4 rings (SSSR count). The number of fused-ring (bicyclic) bond motifs is 3. The Morgan fingerprint density at radius 3 is 2.23 bits per heavy atom. The van der Waals surface area contributed by atoms with E-state index in [0.717, 1.165) is 16.8 Å². The lowest BCUT2D eigenvalue weighted by Gasteiger charge is -2.14. The molecule has 0 bridgehead atoms. The summed E-state index contributed by atoms with van der Waals surface area (Å²) >= 11 is 0. The SMILES string of the molecule is Cc1ccc(NC(=O)OCC2c3ccccc3-c3ccccc32)c(=O)[nH]1. The summed E-state index contributed by atoms with van der Waals surface area (Å²) in [5.74, 6) is -0.00977. The molecule has 0 atom stereocenters. The fraction of sp³-hybridized carbons (Fsp3) is 0.143. The Hall–Kier alpha value is -3.34. The van der Waals surface area contributed by atoms with Crippen molar-refractivity contribution in [1.82, 2.24) is 4.98 Å². The van der Waals surface area contributed by atoms with Crippen molar-refractivity contribution in [3.63, 3.8) is 0 Å². The van der Waals surface area contributed by atoms with Crippen molar-refractivity contribution in [3.8, 4) is 11.1 Å². The molecule has 5 heteroatoms. The molecule has 0 fully saturated rings. The molecule has 3 aromatic rings. The molecule has 26 heavy (non-hydrogen) atoms. The van der Waals surface area contributed by atoms with E-state index in [9.17, 15) is 9.59 Å². The van der Waals surface area contributed by atoms with Crippen LogP contribution in [0, 0.1) is 6.92 Å². The van der Waals surface area contributed by atoms with Crippen LogP contribution in [0.2, 0.25) is 0 Å². The maximum atomic E-state index is 12.1. The topological polar surface area (TPSA) is 71.2 Å². The fourth-order valence-electron chi connectivity index (χ4n) is 3.41. The number of ether oxygens (including phenoxy) is 1. The standard InChI is InChI=1S/C21H18N2O3/c1-13-10-11-19(20(24)22-13)23-21(25)26-12-18-16-8-4-2-6-14(16)15-7-3-5-9-17(15)18/h2-11,18H,12H2,1H3,(H,22,24)(H,23,25). The summed E-state index contributed by atoms with van der Waals surface area (Å²) in [5, 5.41) is 2.50. The van der Waals surface area contributed by atoms with Gasteiger partial charge in [0.1, 0.15) is 12.3 Å². The summed E-state index contributed by atoms with van der Waals surface area (Å²) in [6, 6.07) is 19.6. The van der Waals surface area contributed by atoms with Crippen LogP contribution < -0.4 is 10.9 Å². The summed E-state index contributed by atoms with van der Waals surface area (Å²) in [6.07, 6.45) is -0.638. The summed E-state index contributed by atoms with van der Waals surface area (Å²) < 4.78 is 5.43. The molecule has 0 saturated heterocycles. The van der Waals surface area contributed by atoms with E-state index in [-0.39, 0.29) is 23.8 Å². The lowest BCUT2D eigenvalue weighted by atomic mass is 9.98. The number of hydrogen-bond acceptors (Lipinski definition) is 3. The number of benzene rings is 2. The molecule has 2 N–H and O–H groups in total. The van der Waals surface area contributed by atoms with E-state index in [0.29, 0.717) is 0 Å². The number of carbonyl (C=O) groups excluding carboxylic acids is 1. The molecule has 1 aliphatic rings. The molecule has 0 radical (unpaired) electrons. The van der Waals surface area contributed by atoms with Gasteiger partial charge in [-0.05, 0) is 41.3 Å². The van der Waals surface area contributed by atoms with Crippen molar-refractivity contribution < 1.29 is 9.53 Å². The minimum absolute atomic E-state index is 0.00977. The summed E-state index contributed by atoms with van der Waals surface area (Å²) in [5.41, 5.74) is 5.20. The first-order valence-electron chi connectivity index (χ1n) is 8.45. The molecule has 130 valence electrons. The van der Waals surface area contributed by atoms with Crippen LogP contribution in [-0.2, 0) is 4.74 Å². The molecule has 0 unspecified atom stereocenters. The van der Waals surface area contributed by atoms with E-state index in [2.05, 4.69) is 34.6 Å². The van der Waals surface area contributed by atoms with Crippen LogP contribution in [0.1, 0.15) is 22.7 Å². The average Bonchev–Trinajstić information content (AvgIpc) is 2.96. The zero-order valence-electron chi connectivity index (χ0n) is 14.3. The quantitative estimate of drug-likeness (QED) is 0.752. The van der Waals surface area contributed by atoms with Crippen LogP contribution in [0.5, 0.6) is 0 Å². The molecule has 0 spiro atoms. The van der Waals surface area contributed by atoms with Gasteiger partial charge in [-0.15, -0.1) is 0 Å². The third kappa shape index (κ3) is 2.88. The van der Waals surface area contributed by atoms with Crippen LogP contribution in [0.4, 0.5) is 10.5 Å². The summed E-state index contributed by atoms with van der Waals surface area (Å²) in [6.45, 7) is 1.99. The number of aromatic nitrogens is 1. The molecular formula is C21H18N2O3. The molecular weight excluding hydrogens is 328 g/mol. The molecule has 1 aromatic heterocycles. The van der Waals surface area contributed by atoms with Gasteiger partial charge in [0.2, 0.25) is 0 Å². The number of aryl methyl sites for hydroxylation is 1. The highest BCUT2D eigenvalue weighted by atomic mass is 16.5. The molecule has 1 heterocycles. The van der Waals surface area contributed by atoms with Crippen LogP contribution in [0.25, 0.3) is 11.1 Å². The Morgan fingerprint density at radius 2 is 1.62 bits per heavy atom. The summed E-state index contributed by atoms with van der Waals surface area (Å²) in [7, 11) is 0.